The van der Waals surface area contributed by atoms with Crippen molar-refractivity contribution in [2.75, 3.05) is 26.4 Å². The molecule has 3 N–H and O–H groups in total. The van der Waals surface area contributed by atoms with Crippen molar-refractivity contribution >= 4 is 5.91 Å². The van der Waals surface area contributed by atoms with Gasteiger partial charge in [-0.05, 0) is 5.56 Å². The van der Waals surface area contributed by atoms with Crippen LogP contribution in [0.5, 0.6) is 0 Å². The first-order valence-corrected chi connectivity index (χ1v) is 6.05. The van der Waals surface area contributed by atoms with Crippen LogP contribution in [0, 0.1) is 0 Å². The molecule has 98 valence electrons. The van der Waals surface area contributed by atoms with Crippen LogP contribution in [0.1, 0.15) is 11.6 Å². The minimum Gasteiger partial charge on any atom is -0.376 e. The van der Waals surface area contributed by atoms with Gasteiger partial charge in [-0.1, -0.05) is 30.3 Å². The van der Waals surface area contributed by atoms with E-state index in [1.165, 1.54) is 0 Å². The summed E-state index contributed by atoms with van der Waals surface area (Å²) in [5.74, 6) is -0.166. The minimum absolute atomic E-state index is 0.166. The SMILES string of the molecule is NC(CNC(=O)C1COCCO1)c1ccccc1. The Labute approximate surface area is 106 Å². The molecular formula is C13H18N2O3. The molecule has 1 aliphatic heterocycles. The smallest absolute Gasteiger partial charge is 0.251 e. The topological polar surface area (TPSA) is 73.6 Å². The second kappa shape index (κ2) is 6.49. The Bertz CT molecular complexity index is 377. The molecule has 1 aliphatic rings. The molecule has 0 aromatic heterocycles. The van der Waals surface area contributed by atoms with Crippen molar-refractivity contribution < 1.29 is 14.3 Å². The van der Waals surface area contributed by atoms with Crippen molar-refractivity contribution in [3.8, 4) is 0 Å². The highest BCUT2D eigenvalue weighted by molar-refractivity contribution is 5.81. The molecule has 1 aromatic rings. The van der Waals surface area contributed by atoms with Crippen LogP contribution >= 0.6 is 0 Å². The largest absolute Gasteiger partial charge is 0.376 e. The summed E-state index contributed by atoms with van der Waals surface area (Å²) in [5, 5.41) is 2.78. The second-order valence-electron chi connectivity index (χ2n) is 4.20. The maximum atomic E-state index is 11.8. The summed E-state index contributed by atoms with van der Waals surface area (Å²) in [6.07, 6.45) is -0.512. The molecule has 0 radical (unpaired) electrons. The van der Waals surface area contributed by atoms with E-state index in [4.69, 9.17) is 15.2 Å². The van der Waals surface area contributed by atoms with E-state index in [1.54, 1.807) is 0 Å². The Morgan fingerprint density at radius 3 is 2.83 bits per heavy atom. The maximum Gasteiger partial charge on any atom is 0.251 e. The fraction of sp³-hybridized carbons (Fsp3) is 0.462. The van der Waals surface area contributed by atoms with Gasteiger partial charge in [0.2, 0.25) is 0 Å². The van der Waals surface area contributed by atoms with Crippen LogP contribution in [0.25, 0.3) is 0 Å². The number of hydrogen-bond donors (Lipinski definition) is 2. The summed E-state index contributed by atoms with van der Waals surface area (Å²) in [7, 11) is 0. The fourth-order valence-corrected chi connectivity index (χ4v) is 1.78. The van der Waals surface area contributed by atoms with Crippen LogP contribution in [0.15, 0.2) is 30.3 Å². The Kier molecular flexibility index (Phi) is 4.69. The van der Waals surface area contributed by atoms with Crippen molar-refractivity contribution in [2.45, 2.75) is 12.1 Å². The van der Waals surface area contributed by atoms with E-state index in [0.29, 0.717) is 26.4 Å². The number of ether oxygens (including phenoxy) is 2. The maximum absolute atomic E-state index is 11.8. The predicted octanol–water partition coefficient (Wildman–Crippen LogP) is 0.218. The monoisotopic (exact) mass is 250 g/mol. The van der Waals surface area contributed by atoms with Crippen LogP contribution in [-0.2, 0) is 14.3 Å². The second-order valence-corrected chi connectivity index (χ2v) is 4.20. The summed E-state index contributed by atoms with van der Waals surface area (Å²) in [4.78, 5) is 11.8. The number of nitrogens with one attached hydrogen (secondary N) is 1. The van der Waals surface area contributed by atoms with Gasteiger partial charge < -0.3 is 20.5 Å². The van der Waals surface area contributed by atoms with E-state index < -0.39 is 6.10 Å². The summed E-state index contributed by atoms with van der Waals surface area (Å²) in [5.41, 5.74) is 6.98. The van der Waals surface area contributed by atoms with Crippen molar-refractivity contribution in [1.29, 1.82) is 0 Å². The normalized spacial score (nSPS) is 21.3. The predicted molar refractivity (Wildman–Crippen MR) is 66.9 cm³/mol. The van der Waals surface area contributed by atoms with Gasteiger partial charge in [0, 0.05) is 12.6 Å². The molecule has 1 aromatic carbocycles. The quantitative estimate of drug-likeness (QED) is 0.801. The van der Waals surface area contributed by atoms with Gasteiger partial charge in [-0.2, -0.15) is 0 Å². The molecule has 1 amide bonds. The third-order valence-electron chi connectivity index (χ3n) is 2.83. The molecule has 5 heteroatoms. The standard InChI is InChI=1S/C13H18N2O3/c14-11(10-4-2-1-3-5-10)8-15-13(16)12-9-17-6-7-18-12/h1-5,11-12H,6-9,14H2,(H,15,16). The average molecular weight is 250 g/mol. The molecular weight excluding hydrogens is 232 g/mol. The Morgan fingerprint density at radius 1 is 1.39 bits per heavy atom. The minimum atomic E-state index is -0.512. The van der Waals surface area contributed by atoms with E-state index in [9.17, 15) is 4.79 Å². The van der Waals surface area contributed by atoms with Gasteiger partial charge in [0.1, 0.15) is 0 Å². The molecule has 0 spiro atoms. The fourth-order valence-electron chi connectivity index (χ4n) is 1.78. The average Bonchev–Trinajstić information content (AvgIpc) is 2.46. The highest BCUT2D eigenvalue weighted by Crippen LogP contribution is 2.08. The number of amides is 1. The Balaban J connectivity index is 1.78. The number of benzene rings is 1. The van der Waals surface area contributed by atoms with Crippen molar-refractivity contribution in [2.24, 2.45) is 5.73 Å². The van der Waals surface area contributed by atoms with Crippen LogP contribution in [0.3, 0.4) is 0 Å². The van der Waals surface area contributed by atoms with E-state index in [0.717, 1.165) is 5.56 Å². The van der Waals surface area contributed by atoms with E-state index in [-0.39, 0.29) is 11.9 Å². The lowest BCUT2D eigenvalue weighted by Gasteiger charge is -2.23. The summed E-state index contributed by atoms with van der Waals surface area (Å²) >= 11 is 0. The first kappa shape index (κ1) is 13.0. The molecule has 0 saturated carbocycles. The van der Waals surface area contributed by atoms with E-state index >= 15 is 0 Å². The lowest BCUT2D eigenvalue weighted by molar-refractivity contribution is -0.147. The number of nitrogens with two attached hydrogens (primary N) is 1. The third kappa shape index (κ3) is 3.53. The van der Waals surface area contributed by atoms with Gasteiger partial charge in [0.15, 0.2) is 6.10 Å². The van der Waals surface area contributed by atoms with Crippen molar-refractivity contribution in [3.05, 3.63) is 35.9 Å². The first-order chi connectivity index (χ1) is 8.77. The molecule has 5 nitrogen and oxygen atoms in total. The zero-order chi connectivity index (χ0) is 12.8. The lowest BCUT2D eigenvalue weighted by atomic mass is 10.1. The zero-order valence-electron chi connectivity index (χ0n) is 10.2. The molecule has 2 unspecified atom stereocenters. The molecule has 1 heterocycles. The number of carbonyl (C=O) groups excluding carboxylic acids is 1. The highest BCUT2D eigenvalue weighted by atomic mass is 16.6. The molecule has 0 aliphatic carbocycles. The van der Waals surface area contributed by atoms with Gasteiger partial charge in [0.25, 0.3) is 5.91 Å². The van der Waals surface area contributed by atoms with Crippen molar-refractivity contribution in [1.82, 2.24) is 5.32 Å². The third-order valence-corrected chi connectivity index (χ3v) is 2.83. The summed E-state index contributed by atoms with van der Waals surface area (Å²) in [6, 6.07) is 9.46. The lowest BCUT2D eigenvalue weighted by Crippen LogP contribution is -2.44. The van der Waals surface area contributed by atoms with Gasteiger partial charge in [-0.25, -0.2) is 0 Å². The molecule has 0 bridgehead atoms. The van der Waals surface area contributed by atoms with Crippen LogP contribution < -0.4 is 11.1 Å². The van der Waals surface area contributed by atoms with E-state index in [1.807, 2.05) is 30.3 Å². The molecule has 2 atom stereocenters. The molecule has 18 heavy (non-hydrogen) atoms. The molecule has 2 rings (SSSR count). The number of hydrogen-bond acceptors (Lipinski definition) is 4. The van der Waals surface area contributed by atoms with Crippen molar-refractivity contribution in [3.63, 3.8) is 0 Å². The van der Waals surface area contributed by atoms with Gasteiger partial charge >= 0.3 is 0 Å². The first-order valence-electron chi connectivity index (χ1n) is 6.05. The summed E-state index contributed by atoms with van der Waals surface area (Å²) in [6.45, 7) is 1.71. The Morgan fingerprint density at radius 2 is 2.17 bits per heavy atom. The van der Waals surface area contributed by atoms with E-state index in [2.05, 4.69) is 5.32 Å². The number of carbonyl (C=O) groups is 1. The molecule has 1 saturated heterocycles. The summed E-state index contributed by atoms with van der Waals surface area (Å²) < 4.78 is 10.5. The zero-order valence-corrected chi connectivity index (χ0v) is 10.2. The van der Waals surface area contributed by atoms with Crippen LogP contribution in [-0.4, -0.2) is 38.4 Å². The van der Waals surface area contributed by atoms with Gasteiger partial charge in [0.05, 0.1) is 19.8 Å². The highest BCUT2D eigenvalue weighted by Gasteiger charge is 2.22. The van der Waals surface area contributed by atoms with Gasteiger partial charge in [-0.15, -0.1) is 0 Å². The van der Waals surface area contributed by atoms with Gasteiger partial charge in [-0.3, -0.25) is 4.79 Å². The number of rotatable bonds is 4. The van der Waals surface area contributed by atoms with Crippen LogP contribution in [0.2, 0.25) is 0 Å². The van der Waals surface area contributed by atoms with Crippen LogP contribution in [0.4, 0.5) is 0 Å². The Hall–Kier alpha value is -1.43. The molecule has 1 fully saturated rings.